The molecule has 4 saturated carbocycles. The molecule has 4 aliphatic carbocycles. The third kappa shape index (κ3) is 4.97. The van der Waals surface area contributed by atoms with E-state index in [0.717, 1.165) is 56.3 Å². The lowest BCUT2D eigenvalue weighted by atomic mass is 9.49. The van der Waals surface area contributed by atoms with Gasteiger partial charge < -0.3 is 0 Å². The summed E-state index contributed by atoms with van der Waals surface area (Å²) in [5.41, 5.74) is 6.01. The Hall–Kier alpha value is -1.93. The van der Waals surface area contributed by atoms with Crippen molar-refractivity contribution >= 4 is 21.8 Å². The standard InChI is InChI=1S/C25H35N3O4S/c29-23(13-18-4-6-22(7-5-18)33(31,32)28-8-2-1-3-9-28)26-27-24(30)17-25-14-19-10-20(15-25)12-21(11-19)16-25/h4-7,19-21H,1-3,8-17H2,(H,26,29)(H,27,30). The summed E-state index contributed by atoms with van der Waals surface area (Å²) in [5.74, 6) is 1.97. The Bertz CT molecular complexity index is 964. The Kier molecular flexibility index (Phi) is 6.25. The van der Waals surface area contributed by atoms with E-state index in [1.54, 1.807) is 24.3 Å². The maximum Gasteiger partial charge on any atom is 0.243 e. The third-order valence-electron chi connectivity index (χ3n) is 8.28. The van der Waals surface area contributed by atoms with Crippen LogP contribution in [0.3, 0.4) is 0 Å². The van der Waals surface area contributed by atoms with Crippen molar-refractivity contribution in [2.24, 2.45) is 23.2 Å². The fourth-order valence-electron chi connectivity index (χ4n) is 7.29. The molecule has 8 heteroatoms. The average Bonchev–Trinajstić information content (AvgIpc) is 2.77. The molecule has 0 spiro atoms. The molecule has 1 saturated heterocycles. The molecular formula is C25H35N3O4S. The van der Waals surface area contributed by atoms with Gasteiger partial charge in [0, 0.05) is 19.5 Å². The van der Waals surface area contributed by atoms with Crippen molar-refractivity contribution in [3.05, 3.63) is 29.8 Å². The predicted octanol–water partition coefficient (Wildman–Crippen LogP) is 3.16. The molecule has 2 amide bonds. The minimum absolute atomic E-state index is 0.0850. The van der Waals surface area contributed by atoms with Crippen molar-refractivity contribution < 1.29 is 18.0 Å². The number of sulfonamides is 1. The lowest BCUT2D eigenvalue weighted by molar-refractivity contribution is -0.134. The molecule has 5 fully saturated rings. The number of nitrogens with zero attached hydrogens (tertiary/aromatic N) is 1. The molecule has 7 nitrogen and oxygen atoms in total. The zero-order valence-electron chi connectivity index (χ0n) is 19.2. The number of hydrogen-bond acceptors (Lipinski definition) is 4. The van der Waals surface area contributed by atoms with Gasteiger partial charge in [-0.05, 0) is 92.2 Å². The second-order valence-electron chi connectivity index (χ2n) is 11.0. The largest absolute Gasteiger partial charge is 0.273 e. The number of carbonyl (C=O) groups excluding carboxylic acids is 2. The minimum Gasteiger partial charge on any atom is -0.273 e. The molecule has 4 bridgehead atoms. The molecule has 180 valence electrons. The summed E-state index contributed by atoms with van der Waals surface area (Å²) in [4.78, 5) is 25.2. The van der Waals surface area contributed by atoms with E-state index in [-0.39, 0.29) is 28.5 Å². The van der Waals surface area contributed by atoms with Gasteiger partial charge in [0.15, 0.2) is 0 Å². The Labute approximate surface area is 196 Å². The van der Waals surface area contributed by atoms with Gasteiger partial charge in [0.05, 0.1) is 11.3 Å². The molecule has 0 aromatic heterocycles. The fourth-order valence-corrected chi connectivity index (χ4v) is 8.81. The first-order valence-corrected chi connectivity index (χ1v) is 13.9. The van der Waals surface area contributed by atoms with Crippen LogP contribution in [0.25, 0.3) is 0 Å². The van der Waals surface area contributed by atoms with Crippen LogP contribution in [0.5, 0.6) is 0 Å². The van der Waals surface area contributed by atoms with E-state index in [0.29, 0.717) is 25.1 Å². The van der Waals surface area contributed by atoms with E-state index in [2.05, 4.69) is 10.9 Å². The smallest absolute Gasteiger partial charge is 0.243 e. The highest BCUT2D eigenvalue weighted by molar-refractivity contribution is 7.89. The van der Waals surface area contributed by atoms with Crippen LogP contribution >= 0.6 is 0 Å². The maximum absolute atomic E-state index is 12.8. The Morgan fingerprint density at radius 3 is 1.97 bits per heavy atom. The number of amides is 2. The summed E-state index contributed by atoms with van der Waals surface area (Å²) in [6, 6.07) is 6.48. The second kappa shape index (κ2) is 9.02. The quantitative estimate of drug-likeness (QED) is 0.621. The van der Waals surface area contributed by atoms with Gasteiger partial charge in [-0.3, -0.25) is 20.4 Å². The van der Waals surface area contributed by atoms with Crippen molar-refractivity contribution in [2.45, 2.75) is 75.5 Å². The van der Waals surface area contributed by atoms with Crippen LogP contribution in [0.1, 0.15) is 69.8 Å². The van der Waals surface area contributed by atoms with E-state index >= 15 is 0 Å². The van der Waals surface area contributed by atoms with Crippen LogP contribution in [-0.2, 0) is 26.0 Å². The average molecular weight is 474 g/mol. The van der Waals surface area contributed by atoms with Crippen LogP contribution in [0.2, 0.25) is 0 Å². The van der Waals surface area contributed by atoms with Gasteiger partial charge in [0.1, 0.15) is 0 Å². The predicted molar refractivity (Wildman–Crippen MR) is 124 cm³/mol. The second-order valence-corrected chi connectivity index (χ2v) is 12.9. The highest BCUT2D eigenvalue weighted by Crippen LogP contribution is 2.61. The lowest BCUT2D eigenvalue weighted by Crippen LogP contribution is -2.50. The molecule has 5 aliphatic rings. The minimum atomic E-state index is -3.48. The first kappa shape index (κ1) is 22.8. The Balaban J connectivity index is 1.10. The van der Waals surface area contributed by atoms with E-state index < -0.39 is 10.0 Å². The van der Waals surface area contributed by atoms with Gasteiger partial charge in [-0.1, -0.05) is 18.6 Å². The van der Waals surface area contributed by atoms with Crippen molar-refractivity contribution in [3.8, 4) is 0 Å². The SMILES string of the molecule is O=C(Cc1ccc(S(=O)(=O)N2CCCCC2)cc1)NNC(=O)CC12CC3CC(CC(C3)C1)C2. The maximum atomic E-state index is 12.8. The zero-order chi connectivity index (χ0) is 23.1. The van der Waals surface area contributed by atoms with Crippen molar-refractivity contribution in [3.63, 3.8) is 0 Å². The molecule has 2 N–H and O–H groups in total. The van der Waals surface area contributed by atoms with E-state index in [9.17, 15) is 18.0 Å². The molecule has 33 heavy (non-hydrogen) atoms. The number of piperidine rings is 1. The highest BCUT2D eigenvalue weighted by Gasteiger charge is 2.51. The normalized spacial score (nSPS) is 31.3. The van der Waals surface area contributed by atoms with Gasteiger partial charge in [0.25, 0.3) is 0 Å². The highest BCUT2D eigenvalue weighted by atomic mass is 32.2. The molecule has 0 unspecified atom stereocenters. The summed E-state index contributed by atoms with van der Waals surface area (Å²) >= 11 is 0. The number of nitrogens with one attached hydrogen (secondary N) is 2. The molecule has 1 heterocycles. The fraction of sp³-hybridized carbons (Fsp3) is 0.680. The molecule has 1 aromatic carbocycles. The zero-order valence-corrected chi connectivity index (χ0v) is 20.0. The van der Waals surface area contributed by atoms with E-state index in [1.807, 2.05) is 0 Å². The van der Waals surface area contributed by atoms with Crippen LogP contribution in [0.15, 0.2) is 29.2 Å². The first-order valence-electron chi connectivity index (χ1n) is 12.5. The van der Waals surface area contributed by atoms with Crippen molar-refractivity contribution in [1.29, 1.82) is 0 Å². The monoisotopic (exact) mass is 473 g/mol. The van der Waals surface area contributed by atoms with Crippen LogP contribution in [0, 0.1) is 23.2 Å². The van der Waals surface area contributed by atoms with Crippen LogP contribution in [-0.4, -0.2) is 37.6 Å². The van der Waals surface area contributed by atoms with Gasteiger partial charge in [-0.25, -0.2) is 8.42 Å². The third-order valence-corrected chi connectivity index (χ3v) is 10.2. The van der Waals surface area contributed by atoms with Gasteiger partial charge in [-0.2, -0.15) is 4.31 Å². The van der Waals surface area contributed by atoms with Crippen molar-refractivity contribution in [2.75, 3.05) is 13.1 Å². The molecule has 1 aliphatic heterocycles. The Morgan fingerprint density at radius 1 is 0.848 bits per heavy atom. The van der Waals surface area contributed by atoms with Crippen LogP contribution < -0.4 is 10.9 Å². The molecular weight excluding hydrogens is 438 g/mol. The summed E-state index contributed by atoms with van der Waals surface area (Å²) < 4.78 is 27.1. The number of rotatable bonds is 6. The molecule has 0 radical (unpaired) electrons. The van der Waals surface area contributed by atoms with Gasteiger partial charge >= 0.3 is 0 Å². The summed E-state index contributed by atoms with van der Waals surface area (Å²) in [7, 11) is -3.48. The van der Waals surface area contributed by atoms with Gasteiger partial charge in [0.2, 0.25) is 21.8 Å². The summed E-state index contributed by atoms with van der Waals surface area (Å²) in [6.45, 7) is 1.13. The topological polar surface area (TPSA) is 95.6 Å². The number of benzene rings is 1. The Morgan fingerprint density at radius 2 is 1.39 bits per heavy atom. The number of hydrogen-bond donors (Lipinski definition) is 2. The molecule has 0 atom stereocenters. The molecule has 6 rings (SSSR count). The van der Waals surface area contributed by atoms with Crippen LogP contribution in [0.4, 0.5) is 0 Å². The summed E-state index contributed by atoms with van der Waals surface area (Å²) in [6.07, 6.45) is 11.0. The molecule has 1 aromatic rings. The van der Waals surface area contributed by atoms with E-state index in [4.69, 9.17) is 0 Å². The van der Waals surface area contributed by atoms with Crippen molar-refractivity contribution in [1.82, 2.24) is 15.2 Å². The number of carbonyl (C=O) groups is 2. The number of hydrazine groups is 1. The van der Waals surface area contributed by atoms with Gasteiger partial charge in [-0.15, -0.1) is 0 Å². The van der Waals surface area contributed by atoms with E-state index in [1.165, 1.54) is 23.6 Å². The summed E-state index contributed by atoms with van der Waals surface area (Å²) in [5, 5.41) is 0. The lowest BCUT2D eigenvalue weighted by Gasteiger charge is -2.56. The first-order chi connectivity index (χ1) is 15.8.